The van der Waals surface area contributed by atoms with Gasteiger partial charge in [-0.05, 0) is 24.7 Å². The van der Waals surface area contributed by atoms with Crippen molar-refractivity contribution in [2.45, 2.75) is 57.5 Å². The molecule has 1 saturated carbocycles. The number of imide groups is 1. The third-order valence-electron chi connectivity index (χ3n) is 5.66. The number of piperidine rings is 1. The maximum absolute atomic E-state index is 12.6. The van der Waals surface area contributed by atoms with E-state index >= 15 is 0 Å². The van der Waals surface area contributed by atoms with Crippen molar-refractivity contribution in [2.75, 3.05) is 19.6 Å². The van der Waals surface area contributed by atoms with E-state index in [0.717, 1.165) is 24.2 Å². The predicted molar refractivity (Wildman–Crippen MR) is 84.4 cm³/mol. The lowest BCUT2D eigenvalue weighted by atomic mass is 9.79. The lowest BCUT2D eigenvalue weighted by Gasteiger charge is -2.42. The van der Waals surface area contributed by atoms with Crippen molar-refractivity contribution >= 4 is 17.8 Å². The topological polar surface area (TPSA) is 95.7 Å². The van der Waals surface area contributed by atoms with Gasteiger partial charge in [-0.1, -0.05) is 26.7 Å². The van der Waals surface area contributed by atoms with Gasteiger partial charge in [0.1, 0.15) is 12.1 Å². The molecule has 3 fully saturated rings. The molecular formula is C16H26N4O3. The number of carbonyl (C=O) groups is 3. The van der Waals surface area contributed by atoms with Crippen LogP contribution in [0.4, 0.5) is 4.79 Å². The summed E-state index contributed by atoms with van der Waals surface area (Å²) in [6.45, 7) is 5.05. The molecule has 0 bridgehead atoms. The summed E-state index contributed by atoms with van der Waals surface area (Å²) >= 11 is 0. The summed E-state index contributed by atoms with van der Waals surface area (Å²) in [5.74, 6) is -0.412. The van der Waals surface area contributed by atoms with E-state index in [2.05, 4.69) is 5.32 Å². The SMILES string of the molecule is CC1(C)CN(C(=O)CN2C(=O)NC3(CCCC3)C2=O)CCC1N. The number of likely N-dealkylation sites (tertiary alicyclic amines) is 1. The largest absolute Gasteiger partial charge is 0.340 e. The van der Waals surface area contributed by atoms with Gasteiger partial charge in [-0.25, -0.2) is 4.79 Å². The quantitative estimate of drug-likeness (QED) is 0.721. The molecule has 3 aliphatic rings. The van der Waals surface area contributed by atoms with Gasteiger partial charge in [-0.3, -0.25) is 14.5 Å². The first-order chi connectivity index (χ1) is 10.8. The third kappa shape index (κ3) is 2.71. The Balaban J connectivity index is 1.66. The zero-order valence-electron chi connectivity index (χ0n) is 13.9. The lowest BCUT2D eigenvalue weighted by Crippen LogP contribution is -2.56. The van der Waals surface area contributed by atoms with Crippen molar-refractivity contribution in [1.29, 1.82) is 0 Å². The molecule has 0 radical (unpaired) electrons. The minimum atomic E-state index is -0.749. The first kappa shape index (κ1) is 16.2. The average molecular weight is 322 g/mol. The number of hydrogen-bond acceptors (Lipinski definition) is 4. The van der Waals surface area contributed by atoms with Crippen LogP contribution in [0.2, 0.25) is 0 Å². The molecule has 0 aromatic carbocycles. The van der Waals surface area contributed by atoms with Crippen LogP contribution in [0.15, 0.2) is 0 Å². The summed E-state index contributed by atoms with van der Waals surface area (Å²) in [6.07, 6.45) is 3.96. The van der Waals surface area contributed by atoms with E-state index in [1.54, 1.807) is 4.90 Å². The molecule has 0 aromatic rings. The monoisotopic (exact) mass is 322 g/mol. The number of nitrogens with zero attached hydrogens (tertiary/aromatic N) is 2. The zero-order valence-corrected chi connectivity index (χ0v) is 13.9. The van der Waals surface area contributed by atoms with Crippen molar-refractivity contribution in [3.63, 3.8) is 0 Å². The molecule has 1 aliphatic carbocycles. The molecule has 3 N–H and O–H groups in total. The van der Waals surface area contributed by atoms with Crippen molar-refractivity contribution < 1.29 is 14.4 Å². The normalized spacial score (nSPS) is 29.3. The summed E-state index contributed by atoms with van der Waals surface area (Å²) in [4.78, 5) is 40.1. The Bertz CT molecular complexity index is 539. The Morgan fingerprint density at radius 1 is 1.30 bits per heavy atom. The van der Waals surface area contributed by atoms with Crippen LogP contribution in [0.25, 0.3) is 0 Å². The highest BCUT2D eigenvalue weighted by molar-refractivity contribution is 6.09. The van der Waals surface area contributed by atoms with Crippen LogP contribution < -0.4 is 11.1 Å². The highest BCUT2D eigenvalue weighted by Gasteiger charge is 2.53. The minimum Gasteiger partial charge on any atom is -0.340 e. The smallest absolute Gasteiger partial charge is 0.325 e. The fourth-order valence-corrected chi connectivity index (χ4v) is 3.96. The van der Waals surface area contributed by atoms with Crippen LogP contribution in [0.5, 0.6) is 0 Å². The van der Waals surface area contributed by atoms with Gasteiger partial charge in [-0.2, -0.15) is 0 Å². The molecule has 23 heavy (non-hydrogen) atoms. The molecule has 4 amide bonds. The van der Waals surface area contributed by atoms with E-state index in [1.807, 2.05) is 13.8 Å². The number of carbonyl (C=O) groups excluding carboxylic acids is 3. The summed E-state index contributed by atoms with van der Waals surface area (Å²) in [5.41, 5.74) is 5.19. The standard InChI is InChI=1S/C16H26N4O3/c1-15(2)10-19(8-5-11(15)17)12(21)9-20-13(22)16(18-14(20)23)6-3-4-7-16/h11H,3-10,17H2,1-2H3,(H,18,23). The van der Waals surface area contributed by atoms with E-state index in [0.29, 0.717) is 25.9 Å². The summed E-state index contributed by atoms with van der Waals surface area (Å²) in [6, 6.07) is -0.372. The molecule has 2 saturated heterocycles. The fourth-order valence-electron chi connectivity index (χ4n) is 3.96. The highest BCUT2D eigenvalue weighted by Crippen LogP contribution is 2.35. The predicted octanol–water partition coefficient (Wildman–Crippen LogP) is 0.437. The van der Waals surface area contributed by atoms with Crippen LogP contribution in [0, 0.1) is 5.41 Å². The number of nitrogens with two attached hydrogens (primary N) is 1. The molecule has 1 spiro atoms. The lowest BCUT2D eigenvalue weighted by molar-refractivity contribution is -0.140. The van der Waals surface area contributed by atoms with Crippen molar-refractivity contribution in [1.82, 2.24) is 15.1 Å². The fraction of sp³-hybridized carbons (Fsp3) is 0.812. The molecule has 1 unspecified atom stereocenters. The Morgan fingerprint density at radius 3 is 2.57 bits per heavy atom. The molecule has 2 aliphatic heterocycles. The van der Waals surface area contributed by atoms with E-state index in [4.69, 9.17) is 5.73 Å². The third-order valence-corrected chi connectivity index (χ3v) is 5.66. The number of urea groups is 1. The Kier molecular flexibility index (Phi) is 3.86. The van der Waals surface area contributed by atoms with Crippen LogP contribution in [0.1, 0.15) is 46.0 Å². The summed E-state index contributed by atoms with van der Waals surface area (Å²) in [7, 11) is 0. The number of rotatable bonds is 2. The first-order valence-corrected chi connectivity index (χ1v) is 8.43. The summed E-state index contributed by atoms with van der Waals surface area (Å²) < 4.78 is 0. The minimum absolute atomic E-state index is 0.0602. The summed E-state index contributed by atoms with van der Waals surface area (Å²) in [5, 5.41) is 2.81. The highest BCUT2D eigenvalue weighted by atomic mass is 16.2. The van der Waals surface area contributed by atoms with E-state index in [1.165, 1.54) is 0 Å². The molecule has 1 atom stereocenters. The molecule has 0 aromatic heterocycles. The van der Waals surface area contributed by atoms with Crippen LogP contribution in [-0.4, -0.2) is 58.9 Å². The number of amides is 4. The number of hydrogen-bond donors (Lipinski definition) is 2. The van der Waals surface area contributed by atoms with Crippen molar-refractivity contribution in [3.8, 4) is 0 Å². The van der Waals surface area contributed by atoms with Crippen molar-refractivity contribution in [2.24, 2.45) is 11.1 Å². The van der Waals surface area contributed by atoms with Gasteiger partial charge in [-0.15, -0.1) is 0 Å². The second kappa shape index (κ2) is 5.47. The van der Waals surface area contributed by atoms with Crippen LogP contribution in [0.3, 0.4) is 0 Å². The Hall–Kier alpha value is -1.63. The van der Waals surface area contributed by atoms with Gasteiger partial charge in [0.05, 0.1) is 0 Å². The van der Waals surface area contributed by atoms with E-state index < -0.39 is 11.6 Å². The van der Waals surface area contributed by atoms with Gasteiger partial charge in [0.2, 0.25) is 5.91 Å². The maximum Gasteiger partial charge on any atom is 0.325 e. The molecule has 3 rings (SSSR count). The van der Waals surface area contributed by atoms with Gasteiger partial charge in [0, 0.05) is 19.1 Å². The second-order valence-corrected chi connectivity index (χ2v) is 7.81. The first-order valence-electron chi connectivity index (χ1n) is 8.43. The molecule has 7 nitrogen and oxygen atoms in total. The van der Waals surface area contributed by atoms with E-state index in [-0.39, 0.29) is 29.8 Å². The van der Waals surface area contributed by atoms with Gasteiger partial charge in [0.15, 0.2) is 0 Å². The van der Waals surface area contributed by atoms with Crippen molar-refractivity contribution in [3.05, 3.63) is 0 Å². The zero-order chi connectivity index (χ0) is 16.8. The van der Waals surface area contributed by atoms with Gasteiger partial charge >= 0.3 is 6.03 Å². The molecule has 2 heterocycles. The number of nitrogens with one attached hydrogen (secondary N) is 1. The van der Waals surface area contributed by atoms with Gasteiger partial charge < -0.3 is 16.0 Å². The van der Waals surface area contributed by atoms with Crippen LogP contribution >= 0.6 is 0 Å². The molecule has 128 valence electrons. The Morgan fingerprint density at radius 2 is 1.96 bits per heavy atom. The second-order valence-electron chi connectivity index (χ2n) is 7.81. The molecule has 7 heteroatoms. The molecular weight excluding hydrogens is 296 g/mol. The average Bonchev–Trinajstić information content (AvgIpc) is 3.03. The Labute approximate surface area is 136 Å². The maximum atomic E-state index is 12.6. The van der Waals surface area contributed by atoms with E-state index in [9.17, 15) is 14.4 Å². The van der Waals surface area contributed by atoms with Crippen LogP contribution in [-0.2, 0) is 9.59 Å². The van der Waals surface area contributed by atoms with Gasteiger partial charge in [0.25, 0.3) is 5.91 Å².